The maximum absolute atomic E-state index is 11.7. The van der Waals surface area contributed by atoms with Crippen LogP contribution in [0.5, 0.6) is 0 Å². The molecule has 1 fully saturated rings. The summed E-state index contributed by atoms with van der Waals surface area (Å²) in [6.07, 6.45) is 5.68. The van der Waals surface area contributed by atoms with E-state index in [-0.39, 0.29) is 17.8 Å². The van der Waals surface area contributed by atoms with E-state index in [0.29, 0.717) is 18.8 Å². The fourth-order valence-corrected chi connectivity index (χ4v) is 2.64. The Balaban J connectivity index is 1.68. The van der Waals surface area contributed by atoms with Crippen LogP contribution < -0.4 is 16.0 Å². The minimum absolute atomic E-state index is 0.0363. The number of carbonyl (C=O) groups is 1. The van der Waals surface area contributed by atoms with E-state index in [1.54, 1.807) is 18.2 Å². The van der Waals surface area contributed by atoms with E-state index in [4.69, 9.17) is 0 Å². The molecule has 1 aromatic carbocycles. The molecule has 7 heteroatoms. The molecule has 7 nitrogen and oxygen atoms in total. The van der Waals surface area contributed by atoms with Crippen molar-refractivity contribution in [3.63, 3.8) is 0 Å². The molecule has 1 aliphatic carbocycles. The zero-order valence-corrected chi connectivity index (χ0v) is 12.5. The van der Waals surface area contributed by atoms with Crippen molar-refractivity contribution in [1.82, 2.24) is 10.6 Å². The molecular formula is C15H22N4O3. The lowest BCUT2D eigenvalue weighted by Crippen LogP contribution is -2.44. The van der Waals surface area contributed by atoms with Crippen molar-refractivity contribution >= 4 is 17.4 Å². The standard InChI is InChI=1S/C15H22N4O3/c20-15(18-12-6-2-1-3-7-12)17-11-10-16-13-8-4-5-9-14(13)19(21)22/h4-5,8-9,12,16H,1-3,6-7,10-11H2,(H2,17,18,20). The van der Waals surface area contributed by atoms with E-state index in [2.05, 4.69) is 16.0 Å². The van der Waals surface area contributed by atoms with E-state index in [0.717, 1.165) is 12.8 Å². The summed E-state index contributed by atoms with van der Waals surface area (Å²) in [4.78, 5) is 22.2. The molecule has 0 radical (unpaired) electrons. The predicted octanol–water partition coefficient (Wildman–Crippen LogP) is 2.64. The number of nitro groups is 1. The van der Waals surface area contributed by atoms with Crippen LogP contribution in [0.3, 0.4) is 0 Å². The van der Waals surface area contributed by atoms with Crippen LogP contribution in [-0.4, -0.2) is 30.1 Å². The lowest BCUT2D eigenvalue weighted by molar-refractivity contribution is -0.384. The van der Waals surface area contributed by atoms with Gasteiger partial charge in [-0.1, -0.05) is 31.4 Å². The van der Waals surface area contributed by atoms with Crippen molar-refractivity contribution in [2.45, 2.75) is 38.1 Å². The molecule has 0 atom stereocenters. The number of hydrogen-bond donors (Lipinski definition) is 3. The second-order valence-corrected chi connectivity index (χ2v) is 5.44. The van der Waals surface area contributed by atoms with Gasteiger partial charge in [-0.3, -0.25) is 10.1 Å². The van der Waals surface area contributed by atoms with Crippen LogP contribution in [0.2, 0.25) is 0 Å². The number of nitro benzene ring substituents is 1. The van der Waals surface area contributed by atoms with Crippen LogP contribution in [0.1, 0.15) is 32.1 Å². The van der Waals surface area contributed by atoms with E-state index in [1.807, 2.05) is 0 Å². The summed E-state index contributed by atoms with van der Waals surface area (Å²) in [5.41, 5.74) is 0.496. The number of nitrogens with zero attached hydrogens (tertiary/aromatic N) is 1. The first-order valence-corrected chi connectivity index (χ1v) is 7.68. The minimum Gasteiger partial charge on any atom is -0.378 e. The number of para-hydroxylation sites is 2. The quantitative estimate of drug-likeness (QED) is 0.427. The van der Waals surface area contributed by atoms with Gasteiger partial charge in [0.15, 0.2) is 0 Å². The van der Waals surface area contributed by atoms with Gasteiger partial charge in [-0.15, -0.1) is 0 Å². The number of anilines is 1. The van der Waals surface area contributed by atoms with Crippen molar-refractivity contribution < 1.29 is 9.72 Å². The number of hydrogen-bond acceptors (Lipinski definition) is 4. The highest BCUT2D eigenvalue weighted by Crippen LogP contribution is 2.22. The van der Waals surface area contributed by atoms with Gasteiger partial charge >= 0.3 is 6.03 Å². The largest absolute Gasteiger partial charge is 0.378 e. The SMILES string of the molecule is O=C(NCCNc1ccccc1[N+](=O)[O-])NC1CCCCC1. The number of rotatable bonds is 6. The fraction of sp³-hybridized carbons (Fsp3) is 0.533. The average Bonchev–Trinajstić information content (AvgIpc) is 2.53. The Labute approximate surface area is 129 Å². The van der Waals surface area contributed by atoms with Gasteiger partial charge < -0.3 is 16.0 Å². The van der Waals surface area contributed by atoms with Gasteiger partial charge in [0.05, 0.1) is 4.92 Å². The van der Waals surface area contributed by atoms with Crippen LogP contribution in [0.4, 0.5) is 16.2 Å². The third kappa shape index (κ3) is 4.91. The highest BCUT2D eigenvalue weighted by Gasteiger charge is 2.15. The summed E-state index contributed by atoms with van der Waals surface area (Å²) in [7, 11) is 0. The molecule has 0 spiro atoms. The zero-order chi connectivity index (χ0) is 15.8. The first kappa shape index (κ1) is 16.1. The van der Waals surface area contributed by atoms with Crippen molar-refractivity contribution in [1.29, 1.82) is 0 Å². The monoisotopic (exact) mass is 306 g/mol. The normalized spacial score (nSPS) is 15.1. The van der Waals surface area contributed by atoms with Crippen LogP contribution in [0.15, 0.2) is 24.3 Å². The summed E-state index contributed by atoms with van der Waals surface area (Å²) in [6.45, 7) is 0.841. The molecular weight excluding hydrogens is 284 g/mol. The maximum Gasteiger partial charge on any atom is 0.315 e. The molecule has 0 bridgehead atoms. The Morgan fingerprint density at radius 2 is 1.91 bits per heavy atom. The van der Waals surface area contributed by atoms with E-state index < -0.39 is 4.92 Å². The third-order valence-corrected chi connectivity index (χ3v) is 3.77. The maximum atomic E-state index is 11.7. The van der Waals surface area contributed by atoms with Gasteiger partial charge in [0.1, 0.15) is 5.69 Å². The number of benzene rings is 1. The Bertz CT molecular complexity index is 515. The lowest BCUT2D eigenvalue weighted by Gasteiger charge is -2.22. The lowest BCUT2D eigenvalue weighted by atomic mass is 9.96. The topological polar surface area (TPSA) is 96.3 Å². The van der Waals surface area contributed by atoms with Gasteiger partial charge in [-0.05, 0) is 18.9 Å². The van der Waals surface area contributed by atoms with Crippen LogP contribution in [0.25, 0.3) is 0 Å². The Hall–Kier alpha value is -2.31. The van der Waals surface area contributed by atoms with E-state index in [1.165, 1.54) is 25.3 Å². The number of amides is 2. The predicted molar refractivity (Wildman–Crippen MR) is 85.0 cm³/mol. The molecule has 2 amide bonds. The summed E-state index contributed by atoms with van der Waals surface area (Å²) >= 11 is 0. The number of nitrogens with one attached hydrogen (secondary N) is 3. The molecule has 0 saturated heterocycles. The van der Waals surface area contributed by atoms with Gasteiger partial charge in [0, 0.05) is 25.2 Å². The average molecular weight is 306 g/mol. The Morgan fingerprint density at radius 3 is 2.64 bits per heavy atom. The van der Waals surface area contributed by atoms with Gasteiger partial charge in [0.2, 0.25) is 0 Å². The molecule has 0 aliphatic heterocycles. The third-order valence-electron chi connectivity index (χ3n) is 3.77. The second kappa shape index (κ2) is 8.21. The summed E-state index contributed by atoms with van der Waals surface area (Å²) in [6, 6.07) is 6.57. The zero-order valence-electron chi connectivity index (χ0n) is 12.5. The molecule has 0 heterocycles. The molecule has 1 aliphatic rings. The first-order valence-electron chi connectivity index (χ1n) is 7.68. The molecule has 1 saturated carbocycles. The molecule has 0 aromatic heterocycles. The highest BCUT2D eigenvalue weighted by molar-refractivity contribution is 5.74. The molecule has 1 aromatic rings. The number of urea groups is 1. The second-order valence-electron chi connectivity index (χ2n) is 5.44. The van der Waals surface area contributed by atoms with Crippen molar-refractivity contribution in [3.8, 4) is 0 Å². The molecule has 22 heavy (non-hydrogen) atoms. The molecule has 0 unspecified atom stereocenters. The van der Waals surface area contributed by atoms with Crippen LogP contribution in [-0.2, 0) is 0 Å². The van der Waals surface area contributed by atoms with E-state index >= 15 is 0 Å². The first-order chi connectivity index (χ1) is 10.7. The number of carbonyl (C=O) groups excluding carboxylic acids is 1. The smallest absolute Gasteiger partial charge is 0.315 e. The van der Waals surface area contributed by atoms with Crippen LogP contribution in [0, 0.1) is 10.1 Å². The van der Waals surface area contributed by atoms with Crippen molar-refractivity contribution in [2.75, 3.05) is 18.4 Å². The van der Waals surface area contributed by atoms with Crippen LogP contribution >= 0.6 is 0 Å². The van der Waals surface area contributed by atoms with Crippen molar-refractivity contribution in [2.24, 2.45) is 0 Å². The highest BCUT2D eigenvalue weighted by atomic mass is 16.6. The summed E-state index contributed by atoms with van der Waals surface area (Å²) in [5, 5.41) is 19.6. The molecule has 2 rings (SSSR count). The van der Waals surface area contributed by atoms with Gasteiger partial charge in [-0.25, -0.2) is 4.79 Å². The van der Waals surface area contributed by atoms with Gasteiger partial charge in [0.25, 0.3) is 5.69 Å². The minimum atomic E-state index is -0.425. The summed E-state index contributed by atoms with van der Waals surface area (Å²) < 4.78 is 0. The fourth-order valence-electron chi connectivity index (χ4n) is 2.64. The summed E-state index contributed by atoms with van der Waals surface area (Å²) in [5.74, 6) is 0. The Morgan fingerprint density at radius 1 is 1.18 bits per heavy atom. The molecule has 3 N–H and O–H groups in total. The van der Waals surface area contributed by atoms with E-state index in [9.17, 15) is 14.9 Å². The molecule has 120 valence electrons. The van der Waals surface area contributed by atoms with Crippen molar-refractivity contribution in [3.05, 3.63) is 34.4 Å². The van der Waals surface area contributed by atoms with Gasteiger partial charge in [-0.2, -0.15) is 0 Å². The Kier molecular flexibility index (Phi) is 6.00.